The standard InChI is InChI=1S/C19H22N2O5S2/c1-3-21(4-2)12-7-5-11(6-8-12)14-15-16(20-18(26)28-15)27-10-19(14,17(24)25)9-13(22)23/h5-8,14H,3-4,9-10H2,1-2H3,(H,20,26)(H,22,23)(H,24,25)/t14-,19+/m0/s1. The van der Waals surface area contributed by atoms with E-state index in [-0.39, 0.29) is 10.6 Å². The molecule has 2 aromatic rings. The Morgan fingerprint density at radius 3 is 2.39 bits per heavy atom. The number of thiazole rings is 1. The van der Waals surface area contributed by atoms with Crippen molar-refractivity contribution in [3.8, 4) is 0 Å². The lowest BCUT2D eigenvalue weighted by atomic mass is 9.70. The molecule has 9 heteroatoms. The Balaban J connectivity index is 2.15. The van der Waals surface area contributed by atoms with Crippen molar-refractivity contribution in [3.63, 3.8) is 0 Å². The van der Waals surface area contributed by atoms with Crippen molar-refractivity contribution < 1.29 is 19.8 Å². The molecule has 2 heterocycles. The number of benzene rings is 1. The maximum absolute atomic E-state index is 12.3. The van der Waals surface area contributed by atoms with E-state index in [0.29, 0.717) is 15.5 Å². The third-order valence-electron chi connectivity index (χ3n) is 5.18. The van der Waals surface area contributed by atoms with Crippen molar-refractivity contribution in [2.24, 2.45) is 5.41 Å². The third kappa shape index (κ3) is 3.56. The first kappa shape index (κ1) is 20.5. The molecule has 2 atom stereocenters. The van der Waals surface area contributed by atoms with Gasteiger partial charge in [0, 0.05) is 35.3 Å². The van der Waals surface area contributed by atoms with Gasteiger partial charge < -0.3 is 20.1 Å². The molecule has 3 N–H and O–H groups in total. The number of aliphatic carboxylic acids is 2. The SMILES string of the molecule is CCN(CC)c1ccc([C@H]2c3sc(=O)[nH]c3SC[C@@]2(CC(=O)O)C(=O)O)cc1. The van der Waals surface area contributed by atoms with E-state index in [1.54, 1.807) is 0 Å². The molecule has 0 saturated carbocycles. The van der Waals surface area contributed by atoms with Gasteiger partial charge in [0.15, 0.2) is 0 Å². The highest BCUT2D eigenvalue weighted by Crippen LogP contribution is 2.54. The number of aromatic nitrogens is 1. The smallest absolute Gasteiger partial charge is 0.312 e. The van der Waals surface area contributed by atoms with Crippen molar-refractivity contribution in [1.82, 2.24) is 4.98 Å². The number of carbonyl (C=O) groups is 2. The Hall–Kier alpha value is -2.26. The zero-order valence-corrected chi connectivity index (χ0v) is 17.2. The van der Waals surface area contributed by atoms with E-state index in [2.05, 4.69) is 23.7 Å². The highest BCUT2D eigenvalue weighted by Gasteiger charge is 2.53. The molecule has 0 spiro atoms. The number of rotatable bonds is 7. The summed E-state index contributed by atoms with van der Waals surface area (Å²) in [6, 6.07) is 7.54. The van der Waals surface area contributed by atoms with Gasteiger partial charge in [-0.05, 0) is 31.5 Å². The number of nitrogens with one attached hydrogen (secondary N) is 1. The first-order valence-electron chi connectivity index (χ1n) is 8.98. The number of fused-ring (bicyclic) bond motifs is 1. The molecule has 1 aromatic carbocycles. The monoisotopic (exact) mass is 422 g/mol. The maximum Gasteiger partial charge on any atom is 0.312 e. The molecular weight excluding hydrogens is 400 g/mol. The topological polar surface area (TPSA) is 111 Å². The summed E-state index contributed by atoms with van der Waals surface area (Å²) in [6.45, 7) is 5.80. The Morgan fingerprint density at radius 1 is 1.21 bits per heavy atom. The molecule has 7 nitrogen and oxygen atoms in total. The first-order valence-corrected chi connectivity index (χ1v) is 10.8. The predicted molar refractivity (Wildman–Crippen MR) is 110 cm³/mol. The van der Waals surface area contributed by atoms with Crippen molar-refractivity contribution in [1.29, 1.82) is 0 Å². The summed E-state index contributed by atoms with van der Waals surface area (Å²) >= 11 is 2.16. The number of H-pyrrole nitrogens is 1. The molecule has 0 radical (unpaired) electrons. The molecule has 0 aliphatic carbocycles. The number of carboxylic acids is 2. The zero-order chi connectivity index (χ0) is 20.5. The Labute approximate surface area is 170 Å². The van der Waals surface area contributed by atoms with Crippen LogP contribution in [0.1, 0.15) is 36.6 Å². The second-order valence-electron chi connectivity index (χ2n) is 6.73. The van der Waals surface area contributed by atoms with Crippen molar-refractivity contribution in [2.45, 2.75) is 31.2 Å². The van der Waals surface area contributed by atoms with Gasteiger partial charge in [-0.25, -0.2) is 0 Å². The highest BCUT2D eigenvalue weighted by atomic mass is 32.2. The Morgan fingerprint density at radius 2 is 1.86 bits per heavy atom. The molecule has 3 rings (SSSR count). The van der Waals surface area contributed by atoms with E-state index in [4.69, 9.17) is 0 Å². The zero-order valence-electron chi connectivity index (χ0n) is 15.6. The van der Waals surface area contributed by atoms with E-state index in [0.717, 1.165) is 30.1 Å². The van der Waals surface area contributed by atoms with Gasteiger partial charge in [0.05, 0.1) is 16.9 Å². The fourth-order valence-electron chi connectivity index (χ4n) is 3.78. The molecule has 150 valence electrons. The number of nitrogens with zero attached hydrogens (tertiary/aromatic N) is 1. The van der Waals surface area contributed by atoms with Crippen LogP contribution < -0.4 is 9.77 Å². The minimum atomic E-state index is -1.52. The first-order chi connectivity index (χ1) is 13.3. The largest absolute Gasteiger partial charge is 0.481 e. The van der Waals surface area contributed by atoms with Crippen LogP contribution in [0.3, 0.4) is 0 Å². The van der Waals surface area contributed by atoms with Crippen LogP contribution in [0.4, 0.5) is 5.69 Å². The summed E-state index contributed by atoms with van der Waals surface area (Å²) in [5.74, 6) is -2.95. The van der Waals surface area contributed by atoms with Crippen LogP contribution in [0, 0.1) is 5.41 Å². The Bertz CT molecular complexity index is 933. The van der Waals surface area contributed by atoms with E-state index >= 15 is 0 Å². The van der Waals surface area contributed by atoms with E-state index < -0.39 is 29.7 Å². The average Bonchev–Trinajstić information content (AvgIpc) is 3.02. The lowest BCUT2D eigenvalue weighted by Crippen LogP contribution is -2.44. The van der Waals surface area contributed by atoms with Gasteiger partial charge in [0.25, 0.3) is 0 Å². The normalized spacial score (nSPS) is 21.1. The van der Waals surface area contributed by atoms with Crippen molar-refractivity contribution >= 4 is 40.7 Å². The number of aromatic amines is 1. The summed E-state index contributed by atoms with van der Waals surface area (Å²) in [4.78, 5) is 41.0. The molecule has 1 aromatic heterocycles. The van der Waals surface area contributed by atoms with Gasteiger partial charge in [-0.1, -0.05) is 23.5 Å². The van der Waals surface area contributed by atoms with Crippen LogP contribution in [-0.2, 0) is 9.59 Å². The third-order valence-corrected chi connectivity index (χ3v) is 7.53. The molecule has 0 saturated heterocycles. The average molecular weight is 423 g/mol. The molecule has 0 unspecified atom stereocenters. The van der Waals surface area contributed by atoms with Gasteiger partial charge in [-0.15, -0.1) is 11.8 Å². The second kappa shape index (κ2) is 8.00. The number of hydrogen-bond donors (Lipinski definition) is 3. The van der Waals surface area contributed by atoms with Gasteiger partial charge >= 0.3 is 16.8 Å². The minimum Gasteiger partial charge on any atom is -0.481 e. The molecule has 28 heavy (non-hydrogen) atoms. The van der Waals surface area contributed by atoms with E-state index in [1.807, 2.05) is 24.3 Å². The van der Waals surface area contributed by atoms with Crippen LogP contribution in [0.5, 0.6) is 0 Å². The second-order valence-corrected chi connectivity index (χ2v) is 8.73. The summed E-state index contributed by atoms with van der Waals surface area (Å²) in [5.41, 5.74) is 0.197. The fraction of sp³-hybridized carbons (Fsp3) is 0.421. The van der Waals surface area contributed by atoms with Gasteiger partial charge in [-0.3, -0.25) is 14.4 Å². The maximum atomic E-state index is 12.3. The van der Waals surface area contributed by atoms with Gasteiger partial charge in [0.1, 0.15) is 0 Å². The summed E-state index contributed by atoms with van der Waals surface area (Å²) in [7, 11) is 0. The number of carboxylic acid groups (broad SMARTS) is 2. The molecule has 1 aliphatic rings. The molecule has 0 fully saturated rings. The molecule has 1 aliphatic heterocycles. The summed E-state index contributed by atoms with van der Waals surface area (Å²) in [5, 5.41) is 20.1. The lowest BCUT2D eigenvalue weighted by Gasteiger charge is -2.39. The summed E-state index contributed by atoms with van der Waals surface area (Å²) in [6.07, 6.45) is -0.511. The predicted octanol–water partition coefficient (Wildman–Crippen LogP) is 3.07. The Kier molecular flexibility index (Phi) is 5.85. The summed E-state index contributed by atoms with van der Waals surface area (Å²) < 4.78 is 0. The van der Waals surface area contributed by atoms with E-state index in [1.165, 1.54) is 11.8 Å². The molecule has 0 bridgehead atoms. The fourth-order valence-corrected chi connectivity index (χ4v) is 6.34. The van der Waals surface area contributed by atoms with Crippen LogP contribution in [0.15, 0.2) is 34.1 Å². The van der Waals surface area contributed by atoms with Gasteiger partial charge in [0.2, 0.25) is 0 Å². The van der Waals surface area contributed by atoms with Crippen LogP contribution in [0.25, 0.3) is 0 Å². The van der Waals surface area contributed by atoms with Gasteiger partial charge in [-0.2, -0.15) is 0 Å². The quantitative estimate of drug-likeness (QED) is 0.629. The van der Waals surface area contributed by atoms with Crippen LogP contribution >= 0.6 is 23.1 Å². The van der Waals surface area contributed by atoms with Crippen LogP contribution in [-0.4, -0.2) is 46.0 Å². The van der Waals surface area contributed by atoms with Crippen molar-refractivity contribution in [3.05, 3.63) is 44.4 Å². The molecule has 0 amide bonds. The van der Waals surface area contributed by atoms with Crippen molar-refractivity contribution in [2.75, 3.05) is 23.7 Å². The highest BCUT2D eigenvalue weighted by molar-refractivity contribution is 7.99. The number of anilines is 1. The number of hydrogen-bond acceptors (Lipinski definition) is 6. The van der Waals surface area contributed by atoms with Crippen LogP contribution in [0.2, 0.25) is 0 Å². The minimum absolute atomic E-state index is 0.0801. The lowest BCUT2D eigenvalue weighted by molar-refractivity contribution is -0.155. The molecular formula is C19H22N2O5S2. The number of thioether (sulfide) groups is 1. The van der Waals surface area contributed by atoms with E-state index in [9.17, 15) is 24.6 Å².